The Kier molecular flexibility index (Phi) is 4.96. The maximum Gasteiger partial charge on any atom is 0.137 e. The zero-order chi connectivity index (χ0) is 14.5. The normalized spacial score (nSPS) is 11.2. The van der Waals surface area contributed by atoms with E-state index < -0.39 is 0 Å². The number of nitrogens with one attached hydrogen (secondary N) is 1. The van der Waals surface area contributed by atoms with E-state index in [2.05, 4.69) is 61.3 Å². The third kappa shape index (κ3) is 3.10. The minimum absolute atomic E-state index is 0.454. The van der Waals surface area contributed by atoms with E-state index in [0.717, 1.165) is 31.0 Å². The molecule has 0 atom stereocenters. The smallest absolute Gasteiger partial charge is 0.137 e. The van der Waals surface area contributed by atoms with Crippen molar-refractivity contribution in [3.63, 3.8) is 0 Å². The highest BCUT2D eigenvalue weighted by Crippen LogP contribution is 2.27. The van der Waals surface area contributed by atoms with Gasteiger partial charge < -0.3 is 10.2 Å². The number of nitrogens with zero attached hydrogens (tertiary/aromatic N) is 2. The molecule has 0 bridgehead atoms. The van der Waals surface area contributed by atoms with Crippen molar-refractivity contribution in [2.45, 2.75) is 39.8 Å². The molecule has 0 saturated heterocycles. The fraction of sp³-hybridized carbons (Fsp3) is 0.471. The Morgan fingerprint density at radius 1 is 1.25 bits per heavy atom. The first-order valence-electron chi connectivity index (χ1n) is 7.47. The number of pyridine rings is 1. The van der Waals surface area contributed by atoms with Crippen molar-refractivity contribution in [1.29, 1.82) is 0 Å². The maximum atomic E-state index is 4.89. The fourth-order valence-corrected chi connectivity index (χ4v) is 2.57. The topological polar surface area (TPSA) is 28.2 Å². The molecule has 20 heavy (non-hydrogen) atoms. The molecule has 2 aromatic rings. The molecule has 3 heteroatoms. The Morgan fingerprint density at radius 3 is 2.65 bits per heavy atom. The average molecular weight is 271 g/mol. The quantitative estimate of drug-likeness (QED) is 0.870. The Labute approximate surface area is 122 Å². The second-order valence-electron chi connectivity index (χ2n) is 5.48. The second-order valence-corrected chi connectivity index (χ2v) is 5.48. The summed E-state index contributed by atoms with van der Waals surface area (Å²) in [5.74, 6) is 1.12. The van der Waals surface area contributed by atoms with Gasteiger partial charge in [0.25, 0.3) is 0 Å². The van der Waals surface area contributed by atoms with Gasteiger partial charge in [0.2, 0.25) is 0 Å². The number of rotatable bonds is 6. The summed E-state index contributed by atoms with van der Waals surface area (Å²) in [7, 11) is 1.96. The van der Waals surface area contributed by atoms with Crippen molar-refractivity contribution in [3.8, 4) is 0 Å². The third-order valence-corrected chi connectivity index (χ3v) is 3.49. The molecular weight excluding hydrogens is 246 g/mol. The van der Waals surface area contributed by atoms with E-state index in [0.29, 0.717) is 6.04 Å². The van der Waals surface area contributed by atoms with Crippen molar-refractivity contribution < 1.29 is 0 Å². The molecule has 0 aliphatic heterocycles. The molecule has 1 N–H and O–H groups in total. The summed E-state index contributed by atoms with van der Waals surface area (Å²) in [5.41, 5.74) is 1.10. The highest BCUT2D eigenvalue weighted by molar-refractivity contribution is 5.92. The van der Waals surface area contributed by atoms with Crippen LogP contribution >= 0.6 is 0 Å². The van der Waals surface area contributed by atoms with E-state index in [9.17, 15) is 0 Å². The number of anilines is 1. The maximum absolute atomic E-state index is 4.89. The predicted octanol–water partition coefficient (Wildman–Crippen LogP) is 3.58. The highest BCUT2D eigenvalue weighted by atomic mass is 15.2. The minimum atomic E-state index is 0.454. The number of hydrogen-bond donors (Lipinski definition) is 1. The lowest BCUT2D eigenvalue weighted by Gasteiger charge is -2.29. The van der Waals surface area contributed by atoms with Crippen molar-refractivity contribution >= 4 is 16.6 Å². The summed E-state index contributed by atoms with van der Waals surface area (Å²) in [4.78, 5) is 7.30. The molecule has 2 rings (SSSR count). The van der Waals surface area contributed by atoms with Crippen LogP contribution in [0.5, 0.6) is 0 Å². The molecule has 1 aromatic heterocycles. The number of hydrogen-bond acceptors (Lipinski definition) is 3. The molecule has 0 amide bonds. The zero-order valence-corrected chi connectivity index (χ0v) is 13.0. The molecule has 1 aromatic carbocycles. The van der Waals surface area contributed by atoms with Gasteiger partial charge in [-0.25, -0.2) is 4.98 Å². The van der Waals surface area contributed by atoms with Crippen LogP contribution in [-0.4, -0.2) is 24.6 Å². The predicted molar refractivity (Wildman–Crippen MR) is 87.3 cm³/mol. The summed E-state index contributed by atoms with van der Waals surface area (Å²) in [5, 5.41) is 5.71. The lowest BCUT2D eigenvalue weighted by molar-refractivity contribution is 0.661. The SMILES string of the molecule is CCCN(c1nc(CNC)cc2ccccc12)C(C)C. The van der Waals surface area contributed by atoms with Gasteiger partial charge in [-0.05, 0) is 38.8 Å². The molecule has 1 heterocycles. The molecular formula is C17H25N3. The molecule has 0 unspecified atom stereocenters. The van der Waals surface area contributed by atoms with Gasteiger partial charge in [0, 0.05) is 24.5 Å². The Bertz CT molecular complexity index is 563. The first kappa shape index (κ1) is 14.8. The summed E-state index contributed by atoms with van der Waals surface area (Å²) in [6.45, 7) is 8.52. The van der Waals surface area contributed by atoms with E-state index in [4.69, 9.17) is 4.98 Å². The molecule has 0 spiro atoms. The van der Waals surface area contributed by atoms with Crippen molar-refractivity contribution in [1.82, 2.24) is 10.3 Å². The van der Waals surface area contributed by atoms with Crippen LogP contribution in [0.3, 0.4) is 0 Å². The second kappa shape index (κ2) is 6.71. The van der Waals surface area contributed by atoms with Crippen LogP contribution in [-0.2, 0) is 6.54 Å². The third-order valence-electron chi connectivity index (χ3n) is 3.49. The van der Waals surface area contributed by atoms with Crippen LogP contribution < -0.4 is 10.2 Å². The van der Waals surface area contributed by atoms with Crippen LogP contribution in [0.25, 0.3) is 10.8 Å². The van der Waals surface area contributed by atoms with E-state index in [1.165, 1.54) is 10.8 Å². The van der Waals surface area contributed by atoms with Crippen LogP contribution in [0.15, 0.2) is 30.3 Å². The average Bonchev–Trinajstić information content (AvgIpc) is 2.44. The van der Waals surface area contributed by atoms with Crippen LogP contribution in [0.4, 0.5) is 5.82 Å². The molecule has 3 nitrogen and oxygen atoms in total. The van der Waals surface area contributed by atoms with Gasteiger partial charge in [0.15, 0.2) is 0 Å². The fourth-order valence-electron chi connectivity index (χ4n) is 2.57. The Balaban J connectivity index is 2.58. The Morgan fingerprint density at radius 2 is 2.00 bits per heavy atom. The van der Waals surface area contributed by atoms with Gasteiger partial charge in [-0.15, -0.1) is 0 Å². The van der Waals surface area contributed by atoms with Gasteiger partial charge in [0.05, 0.1) is 5.69 Å². The summed E-state index contributed by atoms with van der Waals surface area (Å²) < 4.78 is 0. The van der Waals surface area contributed by atoms with E-state index in [1.54, 1.807) is 0 Å². The zero-order valence-electron chi connectivity index (χ0n) is 13.0. The monoisotopic (exact) mass is 271 g/mol. The first-order valence-corrected chi connectivity index (χ1v) is 7.47. The lowest BCUT2D eigenvalue weighted by atomic mass is 10.1. The van der Waals surface area contributed by atoms with Gasteiger partial charge in [-0.3, -0.25) is 0 Å². The largest absolute Gasteiger partial charge is 0.354 e. The van der Waals surface area contributed by atoms with Gasteiger partial charge in [0.1, 0.15) is 5.82 Å². The minimum Gasteiger partial charge on any atom is -0.354 e. The van der Waals surface area contributed by atoms with Crippen LogP contribution in [0.1, 0.15) is 32.9 Å². The summed E-state index contributed by atoms with van der Waals surface area (Å²) in [6, 6.07) is 11.2. The van der Waals surface area contributed by atoms with E-state index >= 15 is 0 Å². The van der Waals surface area contributed by atoms with Gasteiger partial charge in [-0.1, -0.05) is 31.2 Å². The summed E-state index contributed by atoms with van der Waals surface area (Å²) in [6.07, 6.45) is 1.13. The molecule has 0 radical (unpaired) electrons. The number of fused-ring (bicyclic) bond motifs is 1. The van der Waals surface area contributed by atoms with Crippen molar-refractivity contribution in [2.75, 3.05) is 18.5 Å². The molecule has 108 valence electrons. The van der Waals surface area contributed by atoms with E-state index in [1.807, 2.05) is 7.05 Å². The van der Waals surface area contributed by atoms with Crippen molar-refractivity contribution in [3.05, 3.63) is 36.0 Å². The lowest BCUT2D eigenvalue weighted by Crippen LogP contribution is -2.32. The van der Waals surface area contributed by atoms with Gasteiger partial charge in [-0.2, -0.15) is 0 Å². The Hall–Kier alpha value is -1.61. The van der Waals surface area contributed by atoms with Crippen LogP contribution in [0, 0.1) is 0 Å². The summed E-state index contributed by atoms with van der Waals surface area (Å²) >= 11 is 0. The van der Waals surface area contributed by atoms with E-state index in [-0.39, 0.29) is 0 Å². The standard InChI is InChI=1S/C17H25N3/c1-5-10-20(13(2)3)17-16-9-7-6-8-14(16)11-15(19-17)12-18-4/h6-9,11,13,18H,5,10,12H2,1-4H3. The molecule has 0 aliphatic carbocycles. The first-order chi connectivity index (χ1) is 9.67. The molecule has 0 saturated carbocycles. The molecule has 0 fully saturated rings. The molecule has 0 aliphatic rings. The highest BCUT2D eigenvalue weighted by Gasteiger charge is 2.15. The number of benzene rings is 1. The van der Waals surface area contributed by atoms with Crippen molar-refractivity contribution in [2.24, 2.45) is 0 Å². The number of aromatic nitrogens is 1. The van der Waals surface area contributed by atoms with Crippen LogP contribution in [0.2, 0.25) is 0 Å². The van der Waals surface area contributed by atoms with Gasteiger partial charge >= 0.3 is 0 Å².